The van der Waals surface area contributed by atoms with Crippen LogP contribution in [0.25, 0.3) is 0 Å². The van der Waals surface area contributed by atoms with E-state index in [0.717, 1.165) is 42.3 Å². The van der Waals surface area contributed by atoms with Crippen molar-refractivity contribution in [2.45, 2.75) is 25.8 Å². The maximum absolute atomic E-state index is 5.92. The molecule has 2 heterocycles. The lowest BCUT2D eigenvalue weighted by molar-refractivity contribution is 0.700. The van der Waals surface area contributed by atoms with E-state index in [1.807, 2.05) is 24.3 Å². The number of nitrogens with zero attached hydrogens (tertiary/aromatic N) is 3. The highest BCUT2D eigenvalue weighted by Gasteiger charge is 2.17. The number of hydrogen-bond acceptors (Lipinski definition) is 3. The van der Waals surface area contributed by atoms with Crippen LogP contribution >= 0.6 is 0 Å². The van der Waals surface area contributed by atoms with Crippen LogP contribution in [0.3, 0.4) is 0 Å². The standard InChI is InChI=1S/C12H14N4/c13-10-5-2-1-4-9(10)8-12-15-14-11-6-3-7-16(11)12/h1-2,4-5H,3,6-8,13H2. The number of nitrogens with two attached hydrogens (primary N) is 1. The Bertz CT molecular complexity index is 515. The van der Waals surface area contributed by atoms with Gasteiger partial charge < -0.3 is 10.3 Å². The molecule has 0 radical (unpaired) electrons. The van der Waals surface area contributed by atoms with Gasteiger partial charge in [0.1, 0.15) is 11.6 Å². The van der Waals surface area contributed by atoms with E-state index < -0.39 is 0 Å². The quantitative estimate of drug-likeness (QED) is 0.769. The lowest BCUT2D eigenvalue weighted by Gasteiger charge is -2.05. The molecular formula is C12H14N4. The van der Waals surface area contributed by atoms with Gasteiger partial charge >= 0.3 is 0 Å². The third-order valence-electron chi connectivity index (χ3n) is 3.09. The summed E-state index contributed by atoms with van der Waals surface area (Å²) in [5.74, 6) is 2.15. The van der Waals surface area contributed by atoms with Gasteiger partial charge in [-0.15, -0.1) is 10.2 Å². The first-order chi connectivity index (χ1) is 7.84. The van der Waals surface area contributed by atoms with Gasteiger partial charge in [-0.3, -0.25) is 0 Å². The molecule has 1 aliphatic heterocycles. The van der Waals surface area contributed by atoms with Crippen LogP contribution in [0.5, 0.6) is 0 Å². The number of nitrogen functional groups attached to an aromatic ring is 1. The zero-order valence-electron chi connectivity index (χ0n) is 9.06. The van der Waals surface area contributed by atoms with Gasteiger partial charge in [0, 0.05) is 25.1 Å². The highest BCUT2D eigenvalue weighted by Crippen LogP contribution is 2.19. The van der Waals surface area contributed by atoms with Crippen LogP contribution < -0.4 is 5.73 Å². The van der Waals surface area contributed by atoms with Crippen molar-refractivity contribution in [3.05, 3.63) is 41.5 Å². The first-order valence-electron chi connectivity index (χ1n) is 5.59. The lowest BCUT2D eigenvalue weighted by atomic mass is 10.1. The Morgan fingerprint density at radius 1 is 1.25 bits per heavy atom. The third-order valence-corrected chi connectivity index (χ3v) is 3.09. The van der Waals surface area contributed by atoms with Crippen LogP contribution in [-0.2, 0) is 19.4 Å². The highest BCUT2D eigenvalue weighted by atomic mass is 15.3. The van der Waals surface area contributed by atoms with Crippen LogP contribution in [-0.4, -0.2) is 14.8 Å². The summed E-state index contributed by atoms with van der Waals surface area (Å²) in [6.07, 6.45) is 3.01. The average Bonchev–Trinajstić information content (AvgIpc) is 2.86. The lowest BCUT2D eigenvalue weighted by Crippen LogP contribution is -2.03. The molecule has 1 aromatic carbocycles. The normalized spacial score (nSPS) is 14.0. The van der Waals surface area contributed by atoms with Crippen LogP contribution in [0.15, 0.2) is 24.3 Å². The molecule has 0 unspecified atom stereocenters. The Hall–Kier alpha value is -1.84. The van der Waals surface area contributed by atoms with Gasteiger partial charge in [-0.2, -0.15) is 0 Å². The molecule has 16 heavy (non-hydrogen) atoms. The number of para-hydroxylation sites is 1. The molecule has 0 saturated carbocycles. The fraction of sp³-hybridized carbons (Fsp3) is 0.333. The summed E-state index contributed by atoms with van der Waals surface area (Å²) < 4.78 is 2.21. The molecular weight excluding hydrogens is 200 g/mol. The fourth-order valence-corrected chi connectivity index (χ4v) is 2.21. The van der Waals surface area contributed by atoms with Gasteiger partial charge in [0.25, 0.3) is 0 Å². The maximum Gasteiger partial charge on any atom is 0.137 e. The van der Waals surface area contributed by atoms with Gasteiger partial charge in [-0.05, 0) is 18.1 Å². The van der Waals surface area contributed by atoms with Gasteiger partial charge in [-0.1, -0.05) is 18.2 Å². The molecule has 0 aliphatic carbocycles. The van der Waals surface area contributed by atoms with Crippen molar-refractivity contribution >= 4 is 5.69 Å². The SMILES string of the molecule is Nc1ccccc1Cc1nnc2n1CCC2. The fourth-order valence-electron chi connectivity index (χ4n) is 2.21. The van der Waals surface area contributed by atoms with Gasteiger partial charge in [0.05, 0.1) is 0 Å². The van der Waals surface area contributed by atoms with Crippen molar-refractivity contribution in [1.82, 2.24) is 14.8 Å². The molecule has 1 aromatic heterocycles. The highest BCUT2D eigenvalue weighted by molar-refractivity contribution is 5.47. The molecule has 1 aliphatic rings. The predicted molar refractivity (Wildman–Crippen MR) is 62.0 cm³/mol. The molecule has 0 amide bonds. The molecule has 4 heteroatoms. The number of benzene rings is 1. The Balaban J connectivity index is 1.92. The first-order valence-corrected chi connectivity index (χ1v) is 5.59. The summed E-state index contributed by atoms with van der Waals surface area (Å²) in [4.78, 5) is 0. The summed E-state index contributed by atoms with van der Waals surface area (Å²) in [6.45, 7) is 1.05. The molecule has 4 nitrogen and oxygen atoms in total. The molecule has 0 atom stereocenters. The minimum absolute atomic E-state index is 0.777. The largest absolute Gasteiger partial charge is 0.398 e. The zero-order chi connectivity index (χ0) is 11.0. The average molecular weight is 214 g/mol. The second kappa shape index (κ2) is 3.63. The van der Waals surface area contributed by atoms with E-state index in [0.29, 0.717) is 0 Å². The van der Waals surface area contributed by atoms with Crippen molar-refractivity contribution in [3.8, 4) is 0 Å². The van der Waals surface area contributed by atoms with Crippen molar-refractivity contribution in [3.63, 3.8) is 0 Å². The number of anilines is 1. The van der Waals surface area contributed by atoms with E-state index in [4.69, 9.17) is 5.73 Å². The minimum Gasteiger partial charge on any atom is -0.398 e. The summed E-state index contributed by atoms with van der Waals surface area (Å²) in [7, 11) is 0. The predicted octanol–water partition coefficient (Wildman–Crippen LogP) is 1.40. The third kappa shape index (κ3) is 1.46. The van der Waals surface area contributed by atoms with Crippen molar-refractivity contribution in [2.75, 3.05) is 5.73 Å². The van der Waals surface area contributed by atoms with Crippen LogP contribution in [0, 0.1) is 0 Å². The molecule has 3 rings (SSSR count). The van der Waals surface area contributed by atoms with Gasteiger partial charge in [0.15, 0.2) is 0 Å². The Labute approximate surface area is 94.1 Å². The molecule has 82 valence electrons. The molecule has 2 N–H and O–H groups in total. The second-order valence-electron chi connectivity index (χ2n) is 4.16. The molecule has 0 bridgehead atoms. The van der Waals surface area contributed by atoms with E-state index in [1.165, 1.54) is 6.42 Å². The second-order valence-corrected chi connectivity index (χ2v) is 4.16. The first kappa shape index (κ1) is 9.39. The Morgan fingerprint density at radius 3 is 3.00 bits per heavy atom. The van der Waals surface area contributed by atoms with Crippen LogP contribution in [0.2, 0.25) is 0 Å². The van der Waals surface area contributed by atoms with E-state index in [1.54, 1.807) is 0 Å². The van der Waals surface area contributed by atoms with E-state index in [-0.39, 0.29) is 0 Å². The number of aromatic nitrogens is 3. The molecule has 2 aromatic rings. The molecule has 0 fully saturated rings. The molecule has 0 saturated heterocycles. The summed E-state index contributed by atoms with van der Waals surface area (Å²) >= 11 is 0. The van der Waals surface area contributed by atoms with E-state index in [2.05, 4.69) is 14.8 Å². The van der Waals surface area contributed by atoms with Crippen molar-refractivity contribution in [1.29, 1.82) is 0 Å². The summed E-state index contributed by atoms with van der Waals surface area (Å²) in [5.41, 5.74) is 7.89. The number of rotatable bonds is 2. The van der Waals surface area contributed by atoms with Crippen LogP contribution in [0.1, 0.15) is 23.6 Å². The Morgan fingerprint density at radius 2 is 2.12 bits per heavy atom. The summed E-state index contributed by atoms with van der Waals surface area (Å²) in [5, 5.41) is 8.43. The monoisotopic (exact) mass is 214 g/mol. The van der Waals surface area contributed by atoms with Crippen molar-refractivity contribution in [2.24, 2.45) is 0 Å². The topological polar surface area (TPSA) is 56.7 Å². The zero-order valence-corrected chi connectivity index (χ0v) is 9.06. The Kier molecular flexibility index (Phi) is 2.13. The minimum atomic E-state index is 0.777. The van der Waals surface area contributed by atoms with Gasteiger partial charge in [-0.25, -0.2) is 0 Å². The summed E-state index contributed by atoms with van der Waals surface area (Å²) in [6, 6.07) is 7.93. The number of aryl methyl sites for hydroxylation is 1. The van der Waals surface area contributed by atoms with E-state index >= 15 is 0 Å². The maximum atomic E-state index is 5.92. The number of hydrogen-bond donors (Lipinski definition) is 1. The smallest absolute Gasteiger partial charge is 0.137 e. The van der Waals surface area contributed by atoms with Crippen LogP contribution in [0.4, 0.5) is 5.69 Å². The van der Waals surface area contributed by atoms with Crippen molar-refractivity contribution < 1.29 is 0 Å². The van der Waals surface area contributed by atoms with Gasteiger partial charge in [0.2, 0.25) is 0 Å². The van der Waals surface area contributed by atoms with E-state index in [9.17, 15) is 0 Å². The number of fused-ring (bicyclic) bond motifs is 1. The molecule has 0 spiro atoms.